The minimum atomic E-state index is 0.0338. The number of ether oxygens (including phenoxy) is 2. The van der Waals surface area contributed by atoms with Crippen LogP contribution < -0.4 is 4.74 Å². The van der Waals surface area contributed by atoms with Crippen molar-refractivity contribution in [1.82, 2.24) is 4.90 Å². The monoisotopic (exact) mass is 507 g/mol. The SMILES string of the molecule is COc1ccc(C2CC(=O)c3c(SCc4ccccc4)sc(C(=O)N4CCCOCC4)c3C2)cc1. The van der Waals surface area contributed by atoms with Crippen LogP contribution in [0.25, 0.3) is 0 Å². The van der Waals surface area contributed by atoms with Crippen LogP contribution in [-0.2, 0) is 16.9 Å². The van der Waals surface area contributed by atoms with Gasteiger partial charge in [0, 0.05) is 37.4 Å². The minimum Gasteiger partial charge on any atom is -0.497 e. The smallest absolute Gasteiger partial charge is 0.264 e. The first kappa shape index (κ1) is 24.1. The number of hydrogen-bond donors (Lipinski definition) is 0. The first-order valence-corrected chi connectivity index (χ1v) is 13.8. The average molecular weight is 508 g/mol. The second kappa shape index (κ2) is 11.0. The van der Waals surface area contributed by atoms with Crippen LogP contribution in [0.2, 0.25) is 0 Å². The number of fused-ring (bicyclic) bond motifs is 1. The number of benzene rings is 2. The molecule has 5 nitrogen and oxygen atoms in total. The third kappa shape index (κ3) is 5.32. The van der Waals surface area contributed by atoms with Gasteiger partial charge in [-0.25, -0.2) is 0 Å². The van der Waals surface area contributed by atoms with E-state index in [1.807, 2.05) is 47.4 Å². The minimum absolute atomic E-state index is 0.0338. The van der Waals surface area contributed by atoms with Crippen LogP contribution in [0.15, 0.2) is 58.8 Å². The molecule has 5 rings (SSSR count). The highest BCUT2D eigenvalue weighted by molar-refractivity contribution is 8.00. The van der Waals surface area contributed by atoms with Crippen LogP contribution in [0.1, 0.15) is 55.5 Å². The van der Waals surface area contributed by atoms with E-state index >= 15 is 0 Å². The van der Waals surface area contributed by atoms with Gasteiger partial charge in [-0.05, 0) is 47.6 Å². The number of carbonyl (C=O) groups excluding carboxylic acids is 2. The second-order valence-corrected chi connectivity index (χ2v) is 11.2. The van der Waals surface area contributed by atoms with Gasteiger partial charge in [-0.1, -0.05) is 42.5 Å². The third-order valence-corrected chi connectivity index (χ3v) is 9.20. The number of thioether (sulfide) groups is 1. The van der Waals surface area contributed by atoms with Crippen molar-refractivity contribution < 1.29 is 19.1 Å². The Hall–Kier alpha value is -2.61. The molecule has 2 heterocycles. The first-order chi connectivity index (χ1) is 17.1. The molecule has 0 bridgehead atoms. The first-order valence-electron chi connectivity index (χ1n) is 12.0. The number of hydrogen-bond acceptors (Lipinski definition) is 6. The Balaban J connectivity index is 1.48. The molecular weight excluding hydrogens is 478 g/mol. The molecule has 3 aromatic rings. The van der Waals surface area contributed by atoms with Crippen LogP contribution in [-0.4, -0.2) is 50.0 Å². The number of methoxy groups -OCH3 is 1. The maximum atomic E-state index is 13.7. The van der Waals surface area contributed by atoms with E-state index in [-0.39, 0.29) is 17.6 Å². The van der Waals surface area contributed by atoms with Gasteiger partial charge >= 0.3 is 0 Å². The van der Waals surface area contributed by atoms with Gasteiger partial charge in [0.1, 0.15) is 5.75 Å². The van der Waals surface area contributed by atoms with Gasteiger partial charge in [-0.2, -0.15) is 0 Å². The van der Waals surface area contributed by atoms with Crippen molar-refractivity contribution in [3.8, 4) is 5.75 Å². The van der Waals surface area contributed by atoms with Crippen molar-refractivity contribution in [3.05, 3.63) is 81.7 Å². The fraction of sp³-hybridized carbons (Fsp3) is 0.357. The van der Waals surface area contributed by atoms with Crippen LogP contribution in [0.4, 0.5) is 0 Å². The fourth-order valence-electron chi connectivity index (χ4n) is 4.77. The van der Waals surface area contributed by atoms with Gasteiger partial charge in [0.05, 0.1) is 22.8 Å². The van der Waals surface area contributed by atoms with Crippen molar-refractivity contribution in [1.29, 1.82) is 0 Å². The van der Waals surface area contributed by atoms with E-state index in [2.05, 4.69) is 12.1 Å². The lowest BCUT2D eigenvalue weighted by Crippen LogP contribution is -2.33. The lowest BCUT2D eigenvalue weighted by Gasteiger charge is -2.25. The molecule has 0 spiro atoms. The van der Waals surface area contributed by atoms with Gasteiger partial charge in [-0.15, -0.1) is 23.1 Å². The van der Waals surface area contributed by atoms with Crippen LogP contribution in [0.5, 0.6) is 5.75 Å². The molecule has 1 aliphatic carbocycles. The van der Waals surface area contributed by atoms with Crippen molar-refractivity contribution in [2.24, 2.45) is 0 Å². The Morgan fingerprint density at radius 1 is 1.09 bits per heavy atom. The van der Waals surface area contributed by atoms with E-state index in [9.17, 15) is 9.59 Å². The number of nitrogens with zero attached hydrogens (tertiary/aromatic N) is 1. The van der Waals surface area contributed by atoms with E-state index in [0.29, 0.717) is 39.1 Å². The van der Waals surface area contributed by atoms with Gasteiger partial charge in [0.25, 0.3) is 5.91 Å². The fourth-order valence-corrected chi connectivity index (χ4v) is 7.35. The quantitative estimate of drug-likeness (QED) is 0.393. The van der Waals surface area contributed by atoms with Crippen molar-refractivity contribution in [3.63, 3.8) is 0 Å². The molecule has 1 amide bonds. The number of amides is 1. The van der Waals surface area contributed by atoms with E-state index in [1.165, 1.54) is 16.9 Å². The number of Topliss-reactive ketones (excluding diaryl/α,β-unsaturated/α-hetero) is 1. The Bertz CT molecular complexity index is 1180. The summed E-state index contributed by atoms with van der Waals surface area (Å²) in [6.45, 7) is 2.52. The standard InChI is InChI=1S/C28H29NO4S2/c1-32-22-10-8-20(9-11-22)21-16-23-25(24(30)17-21)28(34-18-19-6-3-2-4-7-19)35-26(23)27(31)29-12-5-14-33-15-13-29/h2-4,6-11,21H,5,12-18H2,1H3. The molecule has 1 fully saturated rings. The zero-order valence-electron chi connectivity index (χ0n) is 19.8. The summed E-state index contributed by atoms with van der Waals surface area (Å²) in [6, 6.07) is 18.2. The summed E-state index contributed by atoms with van der Waals surface area (Å²) in [7, 11) is 1.65. The zero-order valence-corrected chi connectivity index (χ0v) is 21.5. The molecule has 1 unspecified atom stereocenters. The molecule has 35 heavy (non-hydrogen) atoms. The van der Waals surface area contributed by atoms with E-state index < -0.39 is 0 Å². The topological polar surface area (TPSA) is 55.8 Å². The molecule has 182 valence electrons. The summed E-state index contributed by atoms with van der Waals surface area (Å²) in [4.78, 5) is 29.8. The Kier molecular flexibility index (Phi) is 7.56. The number of thiophene rings is 1. The number of rotatable bonds is 6. The summed E-state index contributed by atoms with van der Waals surface area (Å²) < 4.78 is 11.8. The molecule has 2 aromatic carbocycles. The average Bonchev–Trinajstić information content (AvgIpc) is 3.06. The highest BCUT2D eigenvalue weighted by Crippen LogP contribution is 2.45. The predicted octanol–water partition coefficient (Wildman–Crippen LogP) is 5.82. The van der Waals surface area contributed by atoms with Crippen molar-refractivity contribution in [2.45, 2.75) is 35.1 Å². The molecule has 1 saturated heterocycles. The molecule has 7 heteroatoms. The predicted molar refractivity (Wildman–Crippen MR) is 140 cm³/mol. The normalized spacial score (nSPS) is 18.1. The molecule has 1 aliphatic heterocycles. The van der Waals surface area contributed by atoms with Gasteiger partial charge in [0.15, 0.2) is 5.78 Å². The summed E-state index contributed by atoms with van der Waals surface area (Å²) in [5, 5.41) is 0. The van der Waals surface area contributed by atoms with Crippen LogP contribution >= 0.6 is 23.1 Å². The van der Waals surface area contributed by atoms with Crippen LogP contribution in [0, 0.1) is 0 Å². The largest absolute Gasteiger partial charge is 0.497 e. The molecule has 0 saturated carbocycles. The Labute approximate surface area is 214 Å². The lowest BCUT2D eigenvalue weighted by molar-refractivity contribution is 0.0745. The highest BCUT2D eigenvalue weighted by Gasteiger charge is 2.35. The molecule has 1 aromatic heterocycles. The molecular formula is C28H29NO4S2. The molecule has 1 atom stereocenters. The summed E-state index contributed by atoms with van der Waals surface area (Å²) in [6.07, 6.45) is 1.99. The van der Waals surface area contributed by atoms with Crippen LogP contribution in [0.3, 0.4) is 0 Å². The third-order valence-electron chi connectivity index (χ3n) is 6.64. The van der Waals surface area contributed by atoms with E-state index in [1.54, 1.807) is 18.9 Å². The maximum Gasteiger partial charge on any atom is 0.264 e. The van der Waals surface area contributed by atoms with Gasteiger partial charge in [-0.3, -0.25) is 9.59 Å². The van der Waals surface area contributed by atoms with E-state index in [0.717, 1.165) is 43.7 Å². The summed E-state index contributed by atoms with van der Waals surface area (Å²) in [5.74, 6) is 1.80. The second-order valence-electron chi connectivity index (χ2n) is 8.91. The maximum absolute atomic E-state index is 13.7. The van der Waals surface area contributed by atoms with Gasteiger partial charge in [0.2, 0.25) is 0 Å². The molecule has 2 aliphatic rings. The summed E-state index contributed by atoms with van der Waals surface area (Å²) >= 11 is 3.17. The zero-order chi connectivity index (χ0) is 24.2. The Morgan fingerprint density at radius 2 is 1.89 bits per heavy atom. The van der Waals surface area contributed by atoms with E-state index in [4.69, 9.17) is 9.47 Å². The van der Waals surface area contributed by atoms with Gasteiger partial charge < -0.3 is 14.4 Å². The van der Waals surface area contributed by atoms with Crippen molar-refractivity contribution in [2.75, 3.05) is 33.4 Å². The Morgan fingerprint density at radius 3 is 2.66 bits per heavy atom. The number of ketones is 1. The lowest BCUT2D eigenvalue weighted by atomic mass is 9.80. The van der Waals surface area contributed by atoms with Crippen molar-refractivity contribution >= 4 is 34.8 Å². The number of carbonyl (C=O) groups is 2. The molecule has 0 N–H and O–H groups in total. The molecule has 0 radical (unpaired) electrons. The summed E-state index contributed by atoms with van der Waals surface area (Å²) in [5.41, 5.74) is 4.01. The highest BCUT2D eigenvalue weighted by atomic mass is 32.2.